The number of carboxylic acid groups (broad SMARTS) is 1. The van der Waals surface area contributed by atoms with Crippen LogP contribution in [0.2, 0.25) is 0 Å². The molecule has 0 saturated carbocycles. The number of rotatable bonds is 3. The number of aromatic carboxylic acids is 1. The van der Waals surface area contributed by atoms with Crippen LogP contribution in [0.1, 0.15) is 16.1 Å². The van der Waals surface area contributed by atoms with E-state index in [0.29, 0.717) is 0 Å². The minimum absolute atomic E-state index is 0.233. The van der Waals surface area contributed by atoms with Gasteiger partial charge in [0.05, 0.1) is 7.11 Å². The van der Waals surface area contributed by atoms with Crippen molar-refractivity contribution < 1.29 is 32.5 Å². The molecule has 0 spiro atoms. The zero-order valence-corrected chi connectivity index (χ0v) is 8.83. The zero-order valence-electron chi connectivity index (χ0n) is 8.83. The van der Waals surface area contributed by atoms with Crippen molar-refractivity contribution in [3.05, 3.63) is 17.5 Å². The van der Waals surface area contributed by atoms with Gasteiger partial charge in [0.2, 0.25) is 5.75 Å². The summed E-state index contributed by atoms with van der Waals surface area (Å²) in [5.74, 6) is -2.90. The fourth-order valence-corrected chi connectivity index (χ4v) is 1.18. The van der Waals surface area contributed by atoms with Gasteiger partial charge in [0.1, 0.15) is 0 Å². The van der Waals surface area contributed by atoms with Crippen molar-refractivity contribution in [2.75, 3.05) is 7.11 Å². The Morgan fingerprint density at radius 1 is 1.41 bits per heavy atom. The van der Waals surface area contributed by atoms with Crippen molar-refractivity contribution in [2.24, 2.45) is 0 Å². The first kappa shape index (κ1) is 13.1. The molecule has 0 amide bonds. The van der Waals surface area contributed by atoms with Gasteiger partial charge in [-0.2, -0.15) is 0 Å². The predicted octanol–water partition coefficient (Wildman–Crippen LogP) is 2.00. The maximum Gasteiger partial charge on any atom is 0.573 e. The Labute approximate surface area is 93.8 Å². The highest BCUT2D eigenvalue weighted by Gasteiger charge is 2.35. The number of methoxy groups -OCH3 is 1. The maximum atomic E-state index is 12.1. The third-order valence-electron chi connectivity index (χ3n) is 1.79. The second kappa shape index (κ2) is 4.48. The third-order valence-corrected chi connectivity index (χ3v) is 1.79. The summed E-state index contributed by atoms with van der Waals surface area (Å²) >= 11 is 0. The van der Waals surface area contributed by atoms with Crippen molar-refractivity contribution in [3.8, 4) is 11.5 Å². The van der Waals surface area contributed by atoms with Gasteiger partial charge in [0.25, 0.3) is 0 Å². The zero-order chi connectivity index (χ0) is 13.2. The second-order valence-corrected chi connectivity index (χ2v) is 3.01. The Kier molecular flexibility index (Phi) is 3.45. The van der Waals surface area contributed by atoms with Crippen molar-refractivity contribution in [1.82, 2.24) is 4.98 Å². The highest BCUT2D eigenvalue weighted by Crippen LogP contribution is 2.36. The molecule has 0 fully saturated rings. The molecule has 1 aromatic rings. The Morgan fingerprint density at radius 2 is 2.00 bits per heavy atom. The molecule has 1 rings (SSSR count). The summed E-state index contributed by atoms with van der Waals surface area (Å²) in [6.07, 6.45) is -3.93. The number of hydrogen-bond donors (Lipinski definition) is 1. The molecule has 8 heteroatoms. The molecule has 1 N–H and O–H groups in total. The first-order valence-electron chi connectivity index (χ1n) is 4.29. The minimum Gasteiger partial charge on any atom is -0.492 e. The average molecular weight is 251 g/mol. The van der Waals surface area contributed by atoms with Crippen molar-refractivity contribution >= 4 is 5.97 Å². The predicted molar refractivity (Wildman–Crippen MR) is 49.2 cm³/mol. The van der Waals surface area contributed by atoms with E-state index in [4.69, 9.17) is 5.11 Å². The normalized spacial score (nSPS) is 11.1. The van der Waals surface area contributed by atoms with E-state index in [1.807, 2.05) is 0 Å². The lowest BCUT2D eigenvalue weighted by atomic mass is 10.2. The van der Waals surface area contributed by atoms with Crippen LogP contribution in [-0.2, 0) is 0 Å². The van der Waals surface area contributed by atoms with Gasteiger partial charge in [-0.15, -0.1) is 13.2 Å². The smallest absolute Gasteiger partial charge is 0.492 e. The SMILES string of the molecule is COc1c(C)cnc(C(=O)O)c1OC(F)(F)F. The summed E-state index contributed by atoms with van der Waals surface area (Å²) in [5, 5.41) is 8.71. The summed E-state index contributed by atoms with van der Waals surface area (Å²) in [7, 11) is 1.11. The number of halogens is 3. The highest BCUT2D eigenvalue weighted by atomic mass is 19.4. The van der Waals surface area contributed by atoms with E-state index >= 15 is 0 Å². The summed E-state index contributed by atoms with van der Waals surface area (Å²) in [5.41, 5.74) is -0.624. The molecular weight excluding hydrogens is 243 g/mol. The molecule has 0 aliphatic heterocycles. The Bertz CT molecular complexity index is 445. The monoisotopic (exact) mass is 251 g/mol. The van der Waals surface area contributed by atoms with E-state index in [1.165, 1.54) is 6.92 Å². The molecule has 1 heterocycles. The average Bonchev–Trinajstić information content (AvgIpc) is 2.15. The number of hydrogen-bond acceptors (Lipinski definition) is 4. The maximum absolute atomic E-state index is 12.1. The molecule has 0 bridgehead atoms. The molecule has 0 aliphatic carbocycles. The fourth-order valence-electron chi connectivity index (χ4n) is 1.18. The van der Waals surface area contributed by atoms with E-state index in [0.717, 1.165) is 13.3 Å². The standard InChI is InChI=1S/C9H8F3NO4/c1-4-3-13-5(8(14)15)7(6(4)16-2)17-9(10,11)12/h3H,1-2H3,(H,14,15). The quantitative estimate of drug-likeness (QED) is 0.889. The van der Waals surface area contributed by atoms with Crippen LogP contribution in [0.3, 0.4) is 0 Å². The summed E-state index contributed by atoms with van der Waals surface area (Å²) in [6.45, 7) is 1.42. The van der Waals surface area contributed by atoms with Crippen LogP contribution in [0.5, 0.6) is 11.5 Å². The van der Waals surface area contributed by atoms with Gasteiger partial charge in [-0.25, -0.2) is 9.78 Å². The molecule has 0 saturated heterocycles. The van der Waals surface area contributed by atoms with Crippen molar-refractivity contribution in [3.63, 3.8) is 0 Å². The van der Waals surface area contributed by atoms with Gasteiger partial charge in [0.15, 0.2) is 11.4 Å². The van der Waals surface area contributed by atoms with Gasteiger partial charge in [0, 0.05) is 11.8 Å². The first-order valence-corrected chi connectivity index (χ1v) is 4.29. The number of carboxylic acids is 1. The topological polar surface area (TPSA) is 68.7 Å². The van der Waals surface area contributed by atoms with Crippen molar-refractivity contribution in [1.29, 1.82) is 0 Å². The molecule has 0 unspecified atom stereocenters. The molecule has 0 radical (unpaired) electrons. The fraction of sp³-hybridized carbons (Fsp3) is 0.333. The van der Waals surface area contributed by atoms with E-state index < -0.39 is 23.8 Å². The van der Waals surface area contributed by atoms with Gasteiger partial charge in [-0.1, -0.05) is 0 Å². The van der Waals surface area contributed by atoms with Crippen LogP contribution in [0.4, 0.5) is 13.2 Å². The Balaban J connectivity index is 3.39. The summed E-state index contributed by atoms with van der Waals surface area (Å²) in [6, 6.07) is 0. The number of carbonyl (C=O) groups is 1. The number of pyridine rings is 1. The lowest BCUT2D eigenvalue weighted by Gasteiger charge is -2.15. The number of nitrogens with zero attached hydrogens (tertiary/aromatic N) is 1. The van der Waals surface area contributed by atoms with Crippen LogP contribution >= 0.6 is 0 Å². The van der Waals surface area contributed by atoms with E-state index in [2.05, 4.69) is 14.5 Å². The van der Waals surface area contributed by atoms with Gasteiger partial charge < -0.3 is 14.6 Å². The van der Waals surface area contributed by atoms with E-state index in [1.54, 1.807) is 0 Å². The Hall–Kier alpha value is -1.99. The van der Waals surface area contributed by atoms with Crippen LogP contribution in [-0.4, -0.2) is 29.5 Å². The van der Waals surface area contributed by atoms with Gasteiger partial charge in [-0.05, 0) is 6.92 Å². The molecule has 0 aliphatic rings. The summed E-state index contributed by atoms with van der Waals surface area (Å²) in [4.78, 5) is 14.1. The Morgan fingerprint density at radius 3 is 2.41 bits per heavy atom. The third kappa shape index (κ3) is 2.99. The molecule has 5 nitrogen and oxygen atoms in total. The highest BCUT2D eigenvalue weighted by molar-refractivity contribution is 5.89. The van der Waals surface area contributed by atoms with E-state index in [-0.39, 0.29) is 11.3 Å². The number of ether oxygens (including phenoxy) is 2. The summed E-state index contributed by atoms with van der Waals surface area (Å²) < 4.78 is 44.7. The molecule has 1 aromatic heterocycles. The molecule has 0 aromatic carbocycles. The second-order valence-electron chi connectivity index (χ2n) is 3.01. The largest absolute Gasteiger partial charge is 0.573 e. The number of aromatic nitrogens is 1. The molecular formula is C9H8F3NO4. The molecule has 0 atom stereocenters. The lowest BCUT2D eigenvalue weighted by molar-refractivity contribution is -0.275. The molecule has 17 heavy (non-hydrogen) atoms. The number of aryl methyl sites for hydroxylation is 1. The van der Waals surface area contributed by atoms with Crippen molar-refractivity contribution in [2.45, 2.75) is 13.3 Å². The minimum atomic E-state index is -5.02. The lowest BCUT2D eigenvalue weighted by Crippen LogP contribution is -2.20. The van der Waals surface area contributed by atoms with Crippen LogP contribution in [0.15, 0.2) is 6.20 Å². The van der Waals surface area contributed by atoms with Crippen LogP contribution < -0.4 is 9.47 Å². The van der Waals surface area contributed by atoms with Crippen LogP contribution in [0, 0.1) is 6.92 Å². The molecule has 94 valence electrons. The van der Waals surface area contributed by atoms with Crippen LogP contribution in [0.25, 0.3) is 0 Å². The van der Waals surface area contributed by atoms with Gasteiger partial charge in [-0.3, -0.25) is 0 Å². The first-order chi connectivity index (χ1) is 7.76. The van der Waals surface area contributed by atoms with Gasteiger partial charge >= 0.3 is 12.3 Å². The number of alkyl halides is 3. The van der Waals surface area contributed by atoms with E-state index in [9.17, 15) is 18.0 Å².